The van der Waals surface area contributed by atoms with Gasteiger partial charge in [-0.15, -0.1) is 0 Å². The van der Waals surface area contributed by atoms with Crippen LogP contribution in [0.2, 0.25) is 0 Å². The van der Waals surface area contributed by atoms with E-state index in [9.17, 15) is 4.39 Å². The van der Waals surface area contributed by atoms with Crippen molar-refractivity contribution in [2.45, 2.75) is 38.3 Å². The molecular formula is C15H25FN2. The predicted octanol–water partition coefficient (Wildman–Crippen LogP) is 3.21. The zero-order valence-electron chi connectivity index (χ0n) is 12.1. The minimum atomic E-state index is -0.134. The third kappa shape index (κ3) is 2.57. The molecule has 0 amide bonds. The molecule has 0 aromatic heterocycles. The van der Waals surface area contributed by atoms with Crippen molar-refractivity contribution in [3.05, 3.63) is 35.6 Å². The minimum absolute atomic E-state index is 0.0105. The van der Waals surface area contributed by atoms with Gasteiger partial charge in [-0.2, -0.15) is 0 Å². The molecule has 18 heavy (non-hydrogen) atoms. The largest absolute Gasteiger partial charge is 0.311 e. The highest BCUT2D eigenvalue weighted by Gasteiger charge is 2.38. The first-order chi connectivity index (χ1) is 8.53. The molecule has 1 N–H and O–H groups in total. The number of nitrogens with zero attached hydrogens (tertiary/aromatic N) is 1. The Morgan fingerprint density at radius 1 is 1.22 bits per heavy atom. The number of rotatable bonds is 6. The van der Waals surface area contributed by atoms with Gasteiger partial charge in [-0.25, -0.2) is 4.39 Å². The van der Waals surface area contributed by atoms with Crippen LogP contribution in [0.15, 0.2) is 24.3 Å². The molecule has 1 rings (SSSR count). The van der Waals surface area contributed by atoms with E-state index >= 15 is 0 Å². The molecule has 102 valence electrons. The van der Waals surface area contributed by atoms with Gasteiger partial charge in [-0.1, -0.05) is 32.0 Å². The van der Waals surface area contributed by atoms with Gasteiger partial charge < -0.3 is 10.2 Å². The quantitative estimate of drug-likeness (QED) is 0.836. The number of likely N-dealkylation sites (N-methyl/N-ethyl adjacent to an activating group) is 2. The van der Waals surface area contributed by atoms with E-state index in [4.69, 9.17) is 0 Å². The molecule has 2 nitrogen and oxygen atoms in total. The molecule has 0 saturated carbocycles. The van der Waals surface area contributed by atoms with Gasteiger partial charge in [0.2, 0.25) is 0 Å². The predicted molar refractivity (Wildman–Crippen MR) is 75.2 cm³/mol. The molecule has 0 radical (unpaired) electrons. The normalized spacial score (nSPS) is 13.9. The van der Waals surface area contributed by atoms with Crippen LogP contribution >= 0.6 is 0 Å². The Bertz CT molecular complexity index is 373. The van der Waals surface area contributed by atoms with E-state index in [1.165, 1.54) is 6.07 Å². The maximum absolute atomic E-state index is 14.0. The van der Waals surface area contributed by atoms with E-state index in [0.29, 0.717) is 0 Å². The number of benzene rings is 1. The first kappa shape index (κ1) is 15.1. The molecule has 0 fully saturated rings. The van der Waals surface area contributed by atoms with Crippen LogP contribution in [-0.2, 0) is 0 Å². The van der Waals surface area contributed by atoms with Crippen molar-refractivity contribution in [3.63, 3.8) is 0 Å². The summed E-state index contributed by atoms with van der Waals surface area (Å²) in [5.74, 6) is -0.134. The summed E-state index contributed by atoms with van der Waals surface area (Å²) in [7, 11) is 6.04. The van der Waals surface area contributed by atoms with Crippen molar-refractivity contribution >= 4 is 0 Å². The minimum Gasteiger partial charge on any atom is -0.311 e. The molecule has 0 saturated heterocycles. The second-order valence-corrected chi connectivity index (χ2v) is 4.95. The molecule has 0 aliphatic carbocycles. The lowest BCUT2D eigenvalue weighted by atomic mass is 9.79. The summed E-state index contributed by atoms with van der Waals surface area (Å²) in [6.45, 7) is 4.32. The van der Waals surface area contributed by atoms with Gasteiger partial charge in [0, 0.05) is 11.1 Å². The zero-order valence-corrected chi connectivity index (χ0v) is 12.1. The van der Waals surface area contributed by atoms with Gasteiger partial charge >= 0.3 is 0 Å². The summed E-state index contributed by atoms with van der Waals surface area (Å²) in [6, 6.07) is 7.03. The SMILES string of the molecule is CCC(CC)(C(NC)c1ccccc1F)N(C)C. The highest BCUT2D eigenvalue weighted by atomic mass is 19.1. The lowest BCUT2D eigenvalue weighted by Crippen LogP contribution is -2.52. The monoisotopic (exact) mass is 252 g/mol. The lowest BCUT2D eigenvalue weighted by Gasteiger charge is -2.45. The van der Waals surface area contributed by atoms with Gasteiger partial charge in [0.25, 0.3) is 0 Å². The molecular weight excluding hydrogens is 227 g/mol. The van der Waals surface area contributed by atoms with E-state index in [1.807, 2.05) is 19.2 Å². The van der Waals surface area contributed by atoms with Crippen LogP contribution in [0.25, 0.3) is 0 Å². The van der Waals surface area contributed by atoms with Gasteiger partial charge in [0.15, 0.2) is 0 Å². The maximum atomic E-state index is 14.0. The van der Waals surface area contributed by atoms with E-state index in [-0.39, 0.29) is 17.4 Å². The van der Waals surface area contributed by atoms with Gasteiger partial charge in [-0.05, 0) is 40.1 Å². The van der Waals surface area contributed by atoms with E-state index in [1.54, 1.807) is 6.07 Å². The Labute approximate surface area is 110 Å². The smallest absolute Gasteiger partial charge is 0.128 e. The van der Waals surface area contributed by atoms with Gasteiger partial charge in [0.1, 0.15) is 5.82 Å². The molecule has 0 heterocycles. The fourth-order valence-electron chi connectivity index (χ4n) is 2.97. The second kappa shape index (κ2) is 6.30. The van der Waals surface area contributed by atoms with Crippen LogP contribution in [0.1, 0.15) is 38.3 Å². The van der Waals surface area contributed by atoms with Crippen LogP contribution in [0, 0.1) is 5.82 Å². The standard InChI is InChI=1S/C15H25FN2/c1-6-15(7-2,18(4)5)14(17-3)12-10-8-9-11-13(12)16/h8-11,14,17H,6-7H2,1-5H3. The Morgan fingerprint density at radius 3 is 2.17 bits per heavy atom. The highest BCUT2D eigenvalue weighted by molar-refractivity contribution is 5.25. The maximum Gasteiger partial charge on any atom is 0.128 e. The molecule has 0 aliphatic heterocycles. The Kier molecular flexibility index (Phi) is 5.29. The van der Waals surface area contributed by atoms with Crippen LogP contribution in [0.5, 0.6) is 0 Å². The van der Waals surface area contributed by atoms with Crippen LogP contribution < -0.4 is 5.32 Å². The van der Waals surface area contributed by atoms with Crippen molar-refractivity contribution in [1.29, 1.82) is 0 Å². The number of halogens is 1. The van der Waals surface area contributed by atoms with Gasteiger partial charge in [-0.3, -0.25) is 0 Å². The van der Waals surface area contributed by atoms with Gasteiger partial charge in [0.05, 0.1) is 6.04 Å². The molecule has 1 aromatic carbocycles. The first-order valence-corrected chi connectivity index (χ1v) is 6.62. The van der Waals surface area contributed by atoms with E-state index < -0.39 is 0 Å². The van der Waals surface area contributed by atoms with E-state index in [2.05, 4.69) is 38.2 Å². The van der Waals surface area contributed by atoms with E-state index in [0.717, 1.165) is 18.4 Å². The average Bonchev–Trinajstić information content (AvgIpc) is 2.37. The molecule has 0 aliphatic rings. The molecule has 1 unspecified atom stereocenters. The Morgan fingerprint density at radius 2 is 1.78 bits per heavy atom. The summed E-state index contributed by atoms with van der Waals surface area (Å²) in [5, 5.41) is 3.30. The van der Waals surface area contributed by atoms with Crippen molar-refractivity contribution in [2.24, 2.45) is 0 Å². The molecule has 0 bridgehead atoms. The van der Waals surface area contributed by atoms with Crippen molar-refractivity contribution < 1.29 is 4.39 Å². The van der Waals surface area contributed by atoms with Crippen molar-refractivity contribution in [3.8, 4) is 0 Å². The number of nitrogens with one attached hydrogen (secondary N) is 1. The summed E-state index contributed by atoms with van der Waals surface area (Å²) in [4.78, 5) is 2.21. The van der Waals surface area contributed by atoms with Crippen LogP contribution in [0.3, 0.4) is 0 Å². The highest BCUT2D eigenvalue weighted by Crippen LogP contribution is 2.36. The fraction of sp³-hybridized carbons (Fsp3) is 0.600. The third-order valence-electron chi connectivity index (χ3n) is 4.16. The Hall–Kier alpha value is -0.930. The van der Waals surface area contributed by atoms with Crippen molar-refractivity contribution in [2.75, 3.05) is 21.1 Å². The summed E-state index contributed by atoms with van der Waals surface area (Å²) in [6.07, 6.45) is 1.94. The molecule has 1 aromatic rings. The topological polar surface area (TPSA) is 15.3 Å². The molecule has 3 heteroatoms. The Balaban J connectivity index is 3.27. The third-order valence-corrected chi connectivity index (χ3v) is 4.16. The fourth-order valence-corrected chi connectivity index (χ4v) is 2.97. The average molecular weight is 252 g/mol. The lowest BCUT2D eigenvalue weighted by molar-refractivity contribution is 0.0901. The summed E-state index contributed by atoms with van der Waals surface area (Å²) >= 11 is 0. The molecule has 0 spiro atoms. The van der Waals surface area contributed by atoms with Crippen molar-refractivity contribution in [1.82, 2.24) is 10.2 Å². The zero-order chi connectivity index (χ0) is 13.8. The summed E-state index contributed by atoms with van der Waals surface area (Å²) in [5.41, 5.74) is 0.675. The summed E-state index contributed by atoms with van der Waals surface area (Å²) < 4.78 is 14.0. The number of hydrogen-bond donors (Lipinski definition) is 1. The molecule has 1 atom stereocenters. The van der Waals surface area contributed by atoms with Crippen LogP contribution in [0.4, 0.5) is 4.39 Å². The van der Waals surface area contributed by atoms with Crippen LogP contribution in [-0.4, -0.2) is 31.6 Å². The second-order valence-electron chi connectivity index (χ2n) is 4.95. The number of hydrogen-bond acceptors (Lipinski definition) is 2. The first-order valence-electron chi connectivity index (χ1n) is 6.62.